The number of carbonyl (C=O) groups is 1. The molecule has 8 heteroatoms. The summed E-state index contributed by atoms with van der Waals surface area (Å²) in [5.74, 6) is -0.0487. The Hall–Kier alpha value is -1.41. The van der Waals surface area contributed by atoms with E-state index in [2.05, 4.69) is 9.82 Å². The van der Waals surface area contributed by atoms with Crippen LogP contribution in [-0.2, 0) is 10.0 Å². The van der Waals surface area contributed by atoms with Crippen molar-refractivity contribution in [2.24, 2.45) is 0 Å². The second-order valence-corrected chi connectivity index (χ2v) is 8.79. The molecule has 7 nitrogen and oxygen atoms in total. The van der Waals surface area contributed by atoms with E-state index < -0.39 is 10.0 Å². The van der Waals surface area contributed by atoms with E-state index in [1.54, 1.807) is 11.1 Å². The molecular formula is C16H26N4O3S. The zero-order chi connectivity index (χ0) is 17.3. The van der Waals surface area contributed by atoms with Crippen LogP contribution in [0.5, 0.6) is 0 Å². The minimum Gasteiger partial charge on any atom is -0.337 e. The van der Waals surface area contributed by atoms with Crippen LogP contribution in [0.1, 0.15) is 60.6 Å². The van der Waals surface area contributed by atoms with Crippen LogP contribution in [0.15, 0.2) is 6.20 Å². The average Bonchev–Trinajstić information content (AvgIpc) is 3.13. The predicted molar refractivity (Wildman–Crippen MR) is 91.4 cm³/mol. The van der Waals surface area contributed by atoms with E-state index in [0.29, 0.717) is 31.1 Å². The Balaban J connectivity index is 1.69. The van der Waals surface area contributed by atoms with E-state index in [1.165, 1.54) is 19.3 Å². The number of likely N-dealkylation sites (tertiary alicyclic amines) is 1. The number of aromatic nitrogens is 2. The summed E-state index contributed by atoms with van der Waals surface area (Å²) in [5, 5.41) is 4.47. The summed E-state index contributed by atoms with van der Waals surface area (Å²) in [5.41, 5.74) is 1.56. The molecule has 0 unspecified atom stereocenters. The lowest BCUT2D eigenvalue weighted by Crippen LogP contribution is -2.38. The molecule has 1 saturated carbocycles. The second-order valence-electron chi connectivity index (χ2n) is 7.01. The summed E-state index contributed by atoms with van der Waals surface area (Å²) in [6.07, 6.45) is 9.44. The van der Waals surface area contributed by atoms with Crippen LogP contribution in [0, 0.1) is 6.92 Å². The second kappa shape index (κ2) is 6.84. The van der Waals surface area contributed by atoms with Crippen molar-refractivity contribution in [1.29, 1.82) is 0 Å². The molecule has 1 amide bonds. The molecule has 1 aromatic rings. The SMILES string of the molecule is Cc1c(C(=O)N2CC[C@H](NS(C)(=O)=O)C2)cnn1C1CCCCC1. The monoisotopic (exact) mass is 354 g/mol. The fourth-order valence-corrected chi connectivity index (χ4v) is 4.64. The van der Waals surface area contributed by atoms with Gasteiger partial charge in [0.05, 0.1) is 24.1 Å². The number of hydrogen-bond donors (Lipinski definition) is 1. The first-order valence-electron chi connectivity index (χ1n) is 8.66. The van der Waals surface area contributed by atoms with Gasteiger partial charge in [0.15, 0.2) is 0 Å². The summed E-state index contributed by atoms with van der Waals surface area (Å²) >= 11 is 0. The van der Waals surface area contributed by atoms with Gasteiger partial charge in [-0.1, -0.05) is 19.3 Å². The molecule has 1 aliphatic carbocycles. The number of hydrogen-bond acceptors (Lipinski definition) is 4. The van der Waals surface area contributed by atoms with Gasteiger partial charge >= 0.3 is 0 Å². The topological polar surface area (TPSA) is 84.3 Å². The summed E-state index contributed by atoms with van der Waals surface area (Å²) < 4.78 is 27.3. The number of amides is 1. The molecule has 24 heavy (non-hydrogen) atoms. The van der Waals surface area contributed by atoms with E-state index >= 15 is 0 Å². The number of carbonyl (C=O) groups excluding carboxylic acids is 1. The van der Waals surface area contributed by atoms with E-state index in [4.69, 9.17) is 0 Å². The molecule has 0 aromatic carbocycles. The largest absolute Gasteiger partial charge is 0.337 e. The lowest BCUT2D eigenvalue weighted by molar-refractivity contribution is 0.0789. The van der Waals surface area contributed by atoms with Crippen LogP contribution in [0.2, 0.25) is 0 Å². The zero-order valence-corrected chi connectivity index (χ0v) is 15.2. The standard InChI is InChI=1S/C16H26N4O3S/c1-12-15(10-17-20(12)14-6-4-3-5-7-14)16(21)19-9-8-13(11-19)18-24(2,22)23/h10,13-14,18H,3-9,11H2,1-2H3/t13-/m0/s1. The highest BCUT2D eigenvalue weighted by molar-refractivity contribution is 7.88. The van der Waals surface area contributed by atoms with Crippen molar-refractivity contribution in [3.8, 4) is 0 Å². The van der Waals surface area contributed by atoms with Gasteiger partial charge in [0, 0.05) is 24.8 Å². The summed E-state index contributed by atoms with van der Waals surface area (Å²) in [4.78, 5) is 14.5. The average molecular weight is 354 g/mol. The van der Waals surface area contributed by atoms with Gasteiger partial charge in [0.25, 0.3) is 5.91 Å². The molecular weight excluding hydrogens is 328 g/mol. The molecule has 0 spiro atoms. The van der Waals surface area contributed by atoms with Crippen LogP contribution in [0.25, 0.3) is 0 Å². The molecule has 3 rings (SSSR count). The highest BCUT2D eigenvalue weighted by Gasteiger charge is 2.31. The van der Waals surface area contributed by atoms with Crippen molar-refractivity contribution in [3.63, 3.8) is 0 Å². The van der Waals surface area contributed by atoms with Crippen molar-refractivity contribution < 1.29 is 13.2 Å². The molecule has 0 bridgehead atoms. The lowest BCUT2D eigenvalue weighted by Gasteiger charge is -2.23. The predicted octanol–water partition coefficient (Wildman–Crippen LogP) is 1.46. The Morgan fingerprint density at radius 1 is 1.25 bits per heavy atom. The van der Waals surface area contributed by atoms with Gasteiger partial charge in [-0.3, -0.25) is 9.48 Å². The van der Waals surface area contributed by atoms with Crippen molar-refractivity contribution in [1.82, 2.24) is 19.4 Å². The highest BCUT2D eigenvalue weighted by Crippen LogP contribution is 2.29. The maximum absolute atomic E-state index is 12.8. The Morgan fingerprint density at radius 2 is 1.96 bits per heavy atom. The minimum absolute atomic E-state index is 0.0487. The number of rotatable bonds is 4. The highest BCUT2D eigenvalue weighted by atomic mass is 32.2. The third kappa shape index (κ3) is 3.80. The molecule has 1 saturated heterocycles. The third-order valence-electron chi connectivity index (χ3n) is 5.05. The quantitative estimate of drug-likeness (QED) is 0.887. The first-order valence-corrected chi connectivity index (χ1v) is 10.5. The van der Waals surface area contributed by atoms with Gasteiger partial charge in [0.1, 0.15) is 0 Å². The Morgan fingerprint density at radius 3 is 2.62 bits per heavy atom. The fourth-order valence-electron chi connectivity index (χ4n) is 3.84. The van der Waals surface area contributed by atoms with E-state index in [1.807, 2.05) is 11.6 Å². The molecule has 2 fully saturated rings. The molecule has 1 N–H and O–H groups in total. The van der Waals surface area contributed by atoms with E-state index in [0.717, 1.165) is 24.8 Å². The third-order valence-corrected chi connectivity index (χ3v) is 5.81. The summed E-state index contributed by atoms with van der Waals surface area (Å²) in [6, 6.07) is 0.205. The smallest absolute Gasteiger partial charge is 0.257 e. The first kappa shape index (κ1) is 17.4. The first-order chi connectivity index (χ1) is 11.3. The summed E-state index contributed by atoms with van der Waals surface area (Å²) in [6.45, 7) is 2.94. The molecule has 1 atom stereocenters. The molecule has 2 heterocycles. The fraction of sp³-hybridized carbons (Fsp3) is 0.750. The van der Waals surface area contributed by atoms with Crippen LogP contribution >= 0.6 is 0 Å². The molecule has 0 radical (unpaired) electrons. The van der Waals surface area contributed by atoms with Crippen LogP contribution < -0.4 is 4.72 Å². The van der Waals surface area contributed by atoms with E-state index in [-0.39, 0.29) is 11.9 Å². The van der Waals surface area contributed by atoms with Gasteiger partial charge in [-0.05, 0) is 26.2 Å². The van der Waals surface area contributed by atoms with Crippen LogP contribution in [-0.4, -0.2) is 54.4 Å². The Labute approximate surface area is 143 Å². The normalized spacial score (nSPS) is 22.9. The Bertz CT molecular complexity index is 707. The maximum Gasteiger partial charge on any atom is 0.257 e. The van der Waals surface area contributed by atoms with Gasteiger partial charge < -0.3 is 4.90 Å². The molecule has 1 aliphatic heterocycles. The van der Waals surface area contributed by atoms with Crippen LogP contribution in [0.4, 0.5) is 0 Å². The van der Waals surface area contributed by atoms with E-state index in [9.17, 15) is 13.2 Å². The number of sulfonamides is 1. The van der Waals surface area contributed by atoms with Crippen molar-refractivity contribution in [3.05, 3.63) is 17.5 Å². The van der Waals surface area contributed by atoms with Crippen molar-refractivity contribution in [2.75, 3.05) is 19.3 Å². The number of nitrogens with zero attached hydrogens (tertiary/aromatic N) is 3. The maximum atomic E-state index is 12.8. The van der Waals surface area contributed by atoms with Crippen molar-refractivity contribution >= 4 is 15.9 Å². The van der Waals surface area contributed by atoms with Gasteiger partial charge in [-0.2, -0.15) is 5.10 Å². The number of nitrogens with one attached hydrogen (secondary N) is 1. The van der Waals surface area contributed by atoms with Gasteiger partial charge in [0.2, 0.25) is 10.0 Å². The minimum atomic E-state index is -3.24. The molecule has 2 aliphatic rings. The zero-order valence-electron chi connectivity index (χ0n) is 14.4. The van der Waals surface area contributed by atoms with Gasteiger partial charge in [-0.15, -0.1) is 0 Å². The van der Waals surface area contributed by atoms with Crippen molar-refractivity contribution in [2.45, 2.75) is 57.5 Å². The van der Waals surface area contributed by atoms with Crippen LogP contribution in [0.3, 0.4) is 0 Å². The lowest BCUT2D eigenvalue weighted by atomic mass is 9.95. The summed E-state index contributed by atoms with van der Waals surface area (Å²) in [7, 11) is -3.24. The van der Waals surface area contributed by atoms with Gasteiger partial charge in [-0.25, -0.2) is 13.1 Å². The molecule has 1 aromatic heterocycles. The Kier molecular flexibility index (Phi) is 4.96. The molecule has 134 valence electrons.